The van der Waals surface area contributed by atoms with E-state index in [1.807, 2.05) is 0 Å². The molecule has 1 N–H and O–H groups in total. The van der Waals surface area contributed by atoms with E-state index in [9.17, 15) is 0 Å². The van der Waals surface area contributed by atoms with Gasteiger partial charge in [0, 0.05) is 12.5 Å². The number of hydrogen-bond acceptors (Lipinski definition) is 2. The Hall–Kier alpha value is -1.02. The fourth-order valence-electron chi connectivity index (χ4n) is 2.91. The Morgan fingerprint density at radius 1 is 1.32 bits per heavy atom. The highest BCUT2D eigenvalue weighted by Gasteiger charge is 2.22. The van der Waals surface area contributed by atoms with Crippen molar-refractivity contribution in [1.29, 1.82) is 0 Å². The van der Waals surface area contributed by atoms with E-state index in [-0.39, 0.29) is 0 Å². The maximum absolute atomic E-state index is 5.99. The minimum absolute atomic E-state index is 0.395. The van der Waals surface area contributed by atoms with Crippen LogP contribution in [0, 0.1) is 5.92 Å². The molecule has 0 spiro atoms. The maximum atomic E-state index is 5.99. The van der Waals surface area contributed by atoms with Crippen molar-refractivity contribution in [2.24, 2.45) is 5.92 Å². The molecule has 2 rings (SSSR count). The summed E-state index contributed by atoms with van der Waals surface area (Å²) in [5.41, 5.74) is 1.37. The molecule has 0 bridgehead atoms. The Labute approximate surface area is 117 Å². The predicted molar refractivity (Wildman–Crippen MR) is 80.7 cm³/mol. The summed E-state index contributed by atoms with van der Waals surface area (Å²) in [7, 11) is 0. The molecule has 2 atom stereocenters. The first-order valence-electron chi connectivity index (χ1n) is 7.68. The molecule has 1 aromatic rings. The lowest BCUT2D eigenvalue weighted by molar-refractivity contribution is 0.212. The van der Waals surface area contributed by atoms with Crippen LogP contribution in [-0.2, 0) is 6.42 Å². The zero-order valence-corrected chi connectivity index (χ0v) is 12.5. The van der Waals surface area contributed by atoms with E-state index in [1.54, 1.807) is 0 Å². The number of para-hydroxylation sites is 1. The molecule has 0 saturated carbocycles. The van der Waals surface area contributed by atoms with E-state index in [1.165, 1.54) is 24.8 Å². The first-order valence-corrected chi connectivity index (χ1v) is 7.68. The van der Waals surface area contributed by atoms with E-state index in [0.717, 1.165) is 18.7 Å². The highest BCUT2D eigenvalue weighted by atomic mass is 16.5. The van der Waals surface area contributed by atoms with Gasteiger partial charge in [-0.2, -0.15) is 0 Å². The van der Waals surface area contributed by atoms with E-state index in [2.05, 4.69) is 50.4 Å². The van der Waals surface area contributed by atoms with Crippen LogP contribution in [0.4, 0.5) is 0 Å². The highest BCUT2D eigenvalue weighted by molar-refractivity contribution is 5.37. The van der Waals surface area contributed by atoms with E-state index >= 15 is 0 Å². The van der Waals surface area contributed by atoms with Gasteiger partial charge in [-0.1, -0.05) is 39.0 Å². The van der Waals surface area contributed by atoms with Crippen molar-refractivity contribution >= 4 is 0 Å². The first-order chi connectivity index (χ1) is 9.20. The van der Waals surface area contributed by atoms with Crippen molar-refractivity contribution in [2.45, 2.75) is 58.6 Å². The van der Waals surface area contributed by atoms with Crippen molar-refractivity contribution in [1.82, 2.24) is 5.32 Å². The topological polar surface area (TPSA) is 21.3 Å². The molecule has 1 heterocycles. The second kappa shape index (κ2) is 6.95. The zero-order valence-electron chi connectivity index (χ0n) is 12.5. The van der Waals surface area contributed by atoms with Gasteiger partial charge in [-0.3, -0.25) is 0 Å². The minimum atomic E-state index is 0.395. The van der Waals surface area contributed by atoms with Gasteiger partial charge in [-0.25, -0.2) is 0 Å². The number of hydrogen-bond donors (Lipinski definition) is 1. The van der Waals surface area contributed by atoms with Crippen LogP contribution < -0.4 is 10.1 Å². The molecule has 2 unspecified atom stereocenters. The third-order valence-corrected chi connectivity index (χ3v) is 4.03. The summed E-state index contributed by atoms with van der Waals surface area (Å²) in [5, 5.41) is 3.58. The Kier molecular flexibility index (Phi) is 5.26. The smallest absolute Gasteiger partial charge is 0.123 e. The average molecular weight is 261 g/mol. The number of nitrogens with one attached hydrogen (secondary N) is 1. The first kappa shape index (κ1) is 14.4. The fraction of sp³-hybridized carbons (Fsp3) is 0.647. The van der Waals surface area contributed by atoms with Crippen molar-refractivity contribution in [3.05, 3.63) is 29.8 Å². The SMILES string of the molecule is CCNC(CCCC1Cc2ccccc2O1)C(C)C. The lowest BCUT2D eigenvalue weighted by Crippen LogP contribution is -2.33. The zero-order chi connectivity index (χ0) is 13.7. The second-order valence-electron chi connectivity index (χ2n) is 5.89. The quantitative estimate of drug-likeness (QED) is 0.806. The van der Waals surface area contributed by atoms with Gasteiger partial charge >= 0.3 is 0 Å². The lowest BCUT2D eigenvalue weighted by Gasteiger charge is -2.22. The predicted octanol–water partition coefficient (Wildman–Crippen LogP) is 3.79. The van der Waals surface area contributed by atoms with Crippen LogP contribution in [0.3, 0.4) is 0 Å². The molecule has 0 aliphatic carbocycles. The summed E-state index contributed by atoms with van der Waals surface area (Å²) in [4.78, 5) is 0. The monoisotopic (exact) mass is 261 g/mol. The molecule has 2 nitrogen and oxygen atoms in total. The van der Waals surface area contributed by atoms with Gasteiger partial charge in [0.2, 0.25) is 0 Å². The van der Waals surface area contributed by atoms with Gasteiger partial charge in [0.15, 0.2) is 0 Å². The Balaban J connectivity index is 1.73. The van der Waals surface area contributed by atoms with Gasteiger partial charge < -0.3 is 10.1 Å². The average Bonchev–Trinajstić information content (AvgIpc) is 2.80. The third-order valence-electron chi connectivity index (χ3n) is 4.03. The molecule has 1 aromatic carbocycles. The van der Waals surface area contributed by atoms with E-state index in [0.29, 0.717) is 18.1 Å². The summed E-state index contributed by atoms with van der Waals surface area (Å²) in [6.45, 7) is 7.85. The largest absolute Gasteiger partial charge is 0.490 e. The molecule has 0 radical (unpaired) electrons. The number of fused-ring (bicyclic) bond motifs is 1. The standard InChI is InChI=1S/C17H27NO/c1-4-18-16(13(2)3)10-7-9-15-12-14-8-5-6-11-17(14)19-15/h5-6,8,11,13,15-16,18H,4,7,9-10,12H2,1-3H3. The van der Waals surface area contributed by atoms with Crippen LogP contribution in [0.5, 0.6) is 5.75 Å². The highest BCUT2D eigenvalue weighted by Crippen LogP contribution is 2.30. The van der Waals surface area contributed by atoms with Crippen LogP contribution >= 0.6 is 0 Å². The van der Waals surface area contributed by atoms with Gasteiger partial charge in [0.1, 0.15) is 11.9 Å². The Morgan fingerprint density at radius 3 is 2.79 bits per heavy atom. The Morgan fingerprint density at radius 2 is 2.11 bits per heavy atom. The molecule has 106 valence electrons. The molecule has 1 aliphatic rings. The summed E-state index contributed by atoms with van der Waals surface area (Å²) >= 11 is 0. The van der Waals surface area contributed by atoms with Crippen LogP contribution in [0.25, 0.3) is 0 Å². The summed E-state index contributed by atoms with van der Waals surface area (Å²) in [6.07, 6.45) is 5.15. The molecule has 0 amide bonds. The van der Waals surface area contributed by atoms with Crippen LogP contribution in [0.15, 0.2) is 24.3 Å². The summed E-state index contributed by atoms with van der Waals surface area (Å²) in [6, 6.07) is 9.08. The molecule has 1 aliphatic heterocycles. The van der Waals surface area contributed by atoms with Gasteiger partial charge in [-0.15, -0.1) is 0 Å². The van der Waals surface area contributed by atoms with Crippen molar-refractivity contribution in [2.75, 3.05) is 6.54 Å². The number of ether oxygens (including phenoxy) is 1. The molecule has 2 heteroatoms. The van der Waals surface area contributed by atoms with Crippen LogP contribution in [-0.4, -0.2) is 18.7 Å². The molecular formula is C17H27NO. The minimum Gasteiger partial charge on any atom is -0.490 e. The van der Waals surface area contributed by atoms with Crippen molar-refractivity contribution < 1.29 is 4.74 Å². The second-order valence-corrected chi connectivity index (χ2v) is 5.89. The van der Waals surface area contributed by atoms with Gasteiger partial charge in [-0.05, 0) is 43.4 Å². The lowest BCUT2D eigenvalue weighted by atomic mass is 9.96. The number of rotatable bonds is 7. The number of benzene rings is 1. The molecule has 19 heavy (non-hydrogen) atoms. The fourth-order valence-corrected chi connectivity index (χ4v) is 2.91. The summed E-state index contributed by atoms with van der Waals surface area (Å²) < 4.78 is 5.99. The van der Waals surface area contributed by atoms with Crippen LogP contribution in [0.2, 0.25) is 0 Å². The molecule has 0 aromatic heterocycles. The van der Waals surface area contributed by atoms with Crippen LogP contribution in [0.1, 0.15) is 45.6 Å². The molecule has 0 fully saturated rings. The van der Waals surface area contributed by atoms with E-state index in [4.69, 9.17) is 4.74 Å². The molecule has 0 saturated heterocycles. The van der Waals surface area contributed by atoms with Crippen molar-refractivity contribution in [3.8, 4) is 5.75 Å². The van der Waals surface area contributed by atoms with Gasteiger partial charge in [0.05, 0.1) is 0 Å². The normalized spacial score (nSPS) is 19.3. The third kappa shape index (κ3) is 3.97. The van der Waals surface area contributed by atoms with E-state index < -0.39 is 0 Å². The summed E-state index contributed by atoms with van der Waals surface area (Å²) in [5.74, 6) is 1.81. The Bertz CT molecular complexity index is 364. The molecular weight excluding hydrogens is 234 g/mol. The van der Waals surface area contributed by atoms with Gasteiger partial charge in [0.25, 0.3) is 0 Å². The van der Waals surface area contributed by atoms with Crippen molar-refractivity contribution in [3.63, 3.8) is 0 Å². The maximum Gasteiger partial charge on any atom is 0.123 e.